The van der Waals surface area contributed by atoms with E-state index in [1.54, 1.807) is 0 Å². The molecule has 1 heteroatoms. The molecule has 0 N–H and O–H groups in total. The van der Waals surface area contributed by atoms with Crippen LogP contribution in [0.5, 0.6) is 0 Å². The molecule has 0 unspecified atom stereocenters. The Morgan fingerprint density at radius 1 is 1.17 bits per heavy atom. The molecule has 0 spiro atoms. The Morgan fingerprint density at radius 3 is 2.67 bits per heavy atom. The van der Waals surface area contributed by atoms with Gasteiger partial charge in [-0.3, -0.25) is 4.48 Å². The molecule has 1 aromatic carbocycles. The number of rotatable bonds is 0. The third kappa shape index (κ3) is 1.07. The highest BCUT2D eigenvalue weighted by atomic mass is 15.3. The lowest BCUT2D eigenvalue weighted by atomic mass is 10.1. The summed E-state index contributed by atoms with van der Waals surface area (Å²) in [5.74, 6) is 0. The van der Waals surface area contributed by atoms with E-state index in [9.17, 15) is 0 Å². The van der Waals surface area contributed by atoms with Crippen molar-refractivity contribution in [3.8, 4) is 0 Å². The van der Waals surface area contributed by atoms with Gasteiger partial charge in [0, 0.05) is 5.56 Å². The largest absolute Gasteiger partial charge is 0.292 e. The summed E-state index contributed by atoms with van der Waals surface area (Å²) >= 11 is 0. The number of para-hydroxylation sites is 1. The SMILES string of the molecule is C[N+]1(C)CC=Cc2ccccc21. The van der Waals surface area contributed by atoms with Crippen molar-refractivity contribution in [2.45, 2.75) is 0 Å². The highest BCUT2D eigenvalue weighted by molar-refractivity contribution is 5.68. The van der Waals surface area contributed by atoms with Gasteiger partial charge in [-0.1, -0.05) is 12.1 Å². The number of likely N-dealkylation sites (N-methyl/N-ethyl adjacent to an activating group) is 1. The van der Waals surface area contributed by atoms with E-state index in [1.807, 2.05) is 0 Å². The molecule has 0 saturated carbocycles. The van der Waals surface area contributed by atoms with Crippen LogP contribution in [0.2, 0.25) is 0 Å². The molecule has 1 aromatic rings. The van der Waals surface area contributed by atoms with E-state index in [0.29, 0.717) is 0 Å². The van der Waals surface area contributed by atoms with E-state index in [1.165, 1.54) is 11.3 Å². The molecule has 1 heterocycles. The van der Waals surface area contributed by atoms with Crippen molar-refractivity contribution < 1.29 is 0 Å². The molecule has 0 atom stereocenters. The zero-order valence-electron chi connectivity index (χ0n) is 7.62. The zero-order valence-corrected chi connectivity index (χ0v) is 7.62. The molecule has 0 saturated heterocycles. The molecular weight excluding hydrogens is 146 g/mol. The average Bonchev–Trinajstić information content (AvgIpc) is 2.04. The fourth-order valence-electron chi connectivity index (χ4n) is 1.72. The van der Waals surface area contributed by atoms with Gasteiger partial charge in [-0.2, -0.15) is 0 Å². The molecule has 0 aromatic heterocycles. The van der Waals surface area contributed by atoms with Gasteiger partial charge in [0.25, 0.3) is 0 Å². The van der Waals surface area contributed by atoms with Gasteiger partial charge >= 0.3 is 0 Å². The maximum Gasteiger partial charge on any atom is 0.139 e. The minimum Gasteiger partial charge on any atom is -0.292 e. The van der Waals surface area contributed by atoms with E-state index < -0.39 is 0 Å². The van der Waals surface area contributed by atoms with E-state index in [4.69, 9.17) is 0 Å². The van der Waals surface area contributed by atoms with Crippen LogP contribution in [0.1, 0.15) is 5.56 Å². The predicted molar refractivity (Wildman–Crippen MR) is 54.0 cm³/mol. The van der Waals surface area contributed by atoms with Crippen LogP contribution in [-0.2, 0) is 0 Å². The van der Waals surface area contributed by atoms with Gasteiger partial charge < -0.3 is 0 Å². The number of benzene rings is 1. The molecule has 0 amide bonds. The summed E-state index contributed by atoms with van der Waals surface area (Å²) in [7, 11) is 4.48. The molecule has 0 aliphatic carbocycles. The first-order valence-electron chi connectivity index (χ1n) is 4.29. The van der Waals surface area contributed by atoms with Gasteiger partial charge in [0.1, 0.15) is 12.2 Å². The second-order valence-electron chi connectivity index (χ2n) is 3.83. The van der Waals surface area contributed by atoms with Crippen molar-refractivity contribution in [3.05, 3.63) is 35.9 Å². The normalized spacial score (nSPS) is 18.8. The Hall–Kier alpha value is -1.08. The van der Waals surface area contributed by atoms with E-state index in [0.717, 1.165) is 11.0 Å². The van der Waals surface area contributed by atoms with Crippen LogP contribution < -0.4 is 4.48 Å². The number of nitrogens with zero attached hydrogens (tertiary/aromatic N) is 1. The van der Waals surface area contributed by atoms with Gasteiger partial charge in [0.15, 0.2) is 0 Å². The smallest absolute Gasteiger partial charge is 0.139 e. The Morgan fingerprint density at radius 2 is 1.92 bits per heavy atom. The second-order valence-corrected chi connectivity index (χ2v) is 3.83. The molecule has 2 rings (SSSR count). The molecule has 1 aliphatic heterocycles. The van der Waals surface area contributed by atoms with E-state index in [-0.39, 0.29) is 0 Å². The lowest BCUT2D eigenvalue weighted by Gasteiger charge is -2.31. The number of quaternary nitrogens is 1. The number of fused-ring (bicyclic) bond motifs is 1. The van der Waals surface area contributed by atoms with Crippen molar-refractivity contribution in [1.29, 1.82) is 0 Å². The minimum absolute atomic E-state index is 0.965. The Bertz CT molecular complexity index is 324. The molecule has 1 nitrogen and oxygen atoms in total. The topological polar surface area (TPSA) is 0 Å². The van der Waals surface area contributed by atoms with Gasteiger partial charge in [0.05, 0.1) is 14.1 Å². The molecule has 0 fully saturated rings. The quantitative estimate of drug-likeness (QED) is 0.511. The Kier molecular flexibility index (Phi) is 1.55. The van der Waals surface area contributed by atoms with Gasteiger partial charge in [-0.05, 0) is 24.3 Å². The van der Waals surface area contributed by atoms with E-state index in [2.05, 4.69) is 50.5 Å². The van der Waals surface area contributed by atoms with Gasteiger partial charge in [-0.15, -0.1) is 0 Å². The van der Waals surface area contributed by atoms with Crippen LogP contribution in [0.3, 0.4) is 0 Å². The maximum absolute atomic E-state index is 2.24. The summed E-state index contributed by atoms with van der Waals surface area (Å²) in [6, 6.07) is 8.58. The highest BCUT2D eigenvalue weighted by Crippen LogP contribution is 2.28. The predicted octanol–water partition coefficient (Wildman–Crippen LogP) is 2.28. The summed E-state index contributed by atoms with van der Waals surface area (Å²) in [4.78, 5) is 0. The lowest BCUT2D eigenvalue weighted by molar-refractivity contribution is 0.438. The van der Waals surface area contributed by atoms with Crippen molar-refractivity contribution in [3.63, 3.8) is 0 Å². The van der Waals surface area contributed by atoms with Crippen LogP contribution in [0, 0.1) is 0 Å². The molecular formula is C11H14N+. The summed E-state index contributed by atoms with van der Waals surface area (Å²) < 4.78 is 0.965. The fourth-order valence-corrected chi connectivity index (χ4v) is 1.72. The second kappa shape index (κ2) is 2.46. The number of hydrogen-bond acceptors (Lipinski definition) is 0. The average molecular weight is 160 g/mol. The van der Waals surface area contributed by atoms with Crippen molar-refractivity contribution >= 4 is 11.8 Å². The van der Waals surface area contributed by atoms with E-state index >= 15 is 0 Å². The fraction of sp³-hybridized carbons (Fsp3) is 0.273. The Balaban J connectivity index is 2.60. The van der Waals surface area contributed by atoms with Gasteiger partial charge in [-0.25, -0.2) is 0 Å². The molecule has 12 heavy (non-hydrogen) atoms. The third-order valence-corrected chi connectivity index (χ3v) is 2.45. The van der Waals surface area contributed by atoms with Crippen molar-refractivity contribution in [1.82, 2.24) is 4.48 Å². The summed E-state index contributed by atoms with van der Waals surface area (Å²) in [6.45, 7) is 1.09. The molecule has 62 valence electrons. The first kappa shape index (κ1) is 7.56. The third-order valence-electron chi connectivity index (χ3n) is 2.45. The maximum atomic E-state index is 2.24. The summed E-state index contributed by atoms with van der Waals surface area (Å²) in [5.41, 5.74) is 2.77. The molecule has 1 aliphatic rings. The first-order valence-corrected chi connectivity index (χ1v) is 4.29. The standard InChI is InChI=1S/C11H14N/c1-12(2)9-5-7-10-6-3-4-8-11(10)12/h3-8H,9H2,1-2H3/q+1. The molecule has 0 radical (unpaired) electrons. The Labute approximate surface area is 73.5 Å². The lowest BCUT2D eigenvalue weighted by Crippen LogP contribution is -2.42. The van der Waals surface area contributed by atoms with Crippen molar-refractivity contribution in [2.75, 3.05) is 20.6 Å². The summed E-state index contributed by atoms with van der Waals surface area (Å²) in [6.07, 6.45) is 4.45. The van der Waals surface area contributed by atoms with Gasteiger partial charge in [0.2, 0.25) is 0 Å². The van der Waals surface area contributed by atoms with Crippen LogP contribution >= 0.6 is 0 Å². The highest BCUT2D eigenvalue weighted by Gasteiger charge is 2.22. The molecule has 0 bridgehead atoms. The number of hydrogen-bond donors (Lipinski definition) is 0. The first-order chi connectivity index (χ1) is 5.70. The monoisotopic (exact) mass is 160 g/mol. The van der Waals surface area contributed by atoms with Crippen LogP contribution in [0.4, 0.5) is 5.69 Å². The van der Waals surface area contributed by atoms with Crippen LogP contribution in [0.15, 0.2) is 30.3 Å². The zero-order chi connectivity index (χ0) is 8.60. The van der Waals surface area contributed by atoms with Crippen LogP contribution in [0.25, 0.3) is 6.08 Å². The minimum atomic E-state index is 0.965. The van der Waals surface area contributed by atoms with Crippen LogP contribution in [-0.4, -0.2) is 20.6 Å². The summed E-state index contributed by atoms with van der Waals surface area (Å²) in [5, 5.41) is 0. The van der Waals surface area contributed by atoms with Crippen molar-refractivity contribution in [2.24, 2.45) is 0 Å².